The van der Waals surface area contributed by atoms with Crippen LogP contribution in [0.4, 0.5) is 0 Å². The Bertz CT molecular complexity index is 1090. The molecule has 0 saturated carbocycles. The van der Waals surface area contributed by atoms with Crippen LogP contribution in [0, 0.1) is 6.92 Å². The second kappa shape index (κ2) is 11.3. The van der Waals surface area contributed by atoms with Crippen LogP contribution in [0.5, 0.6) is 0 Å². The number of benzene rings is 2. The Labute approximate surface area is 187 Å². The fourth-order valence-electron chi connectivity index (χ4n) is 2.74. The van der Waals surface area contributed by atoms with E-state index in [-0.39, 0.29) is 18.0 Å². The number of nitrogens with zero attached hydrogens (tertiary/aromatic N) is 1. The minimum absolute atomic E-state index is 0.0351. The zero-order valence-corrected chi connectivity index (χ0v) is 18.8. The van der Waals surface area contributed by atoms with Gasteiger partial charge in [-0.05, 0) is 30.2 Å². The monoisotopic (exact) mass is 459 g/mol. The van der Waals surface area contributed by atoms with Crippen LogP contribution in [-0.4, -0.2) is 57.1 Å². The predicted molar refractivity (Wildman–Crippen MR) is 119 cm³/mol. The van der Waals surface area contributed by atoms with Crippen molar-refractivity contribution in [3.8, 4) is 0 Å². The molecule has 2 aromatic rings. The van der Waals surface area contributed by atoms with Crippen molar-refractivity contribution < 1.29 is 32.6 Å². The van der Waals surface area contributed by atoms with Gasteiger partial charge in [-0.1, -0.05) is 54.1 Å². The molecule has 8 nitrogen and oxygen atoms in total. The lowest BCUT2D eigenvalue weighted by Gasteiger charge is -2.21. The molecule has 0 radical (unpaired) electrons. The van der Waals surface area contributed by atoms with Crippen molar-refractivity contribution in [1.29, 1.82) is 0 Å². The Morgan fingerprint density at radius 1 is 0.969 bits per heavy atom. The van der Waals surface area contributed by atoms with Gasteiger partial charge in [0.1, 0.15) is 0 Å². The highest BCUT2D eigenvalue weighted by Crippen LogP contribution is 2.20. The average Bonchev–Trinajstić information content (AvgIpc) is 2.81. The van der Waals surface area contributed by atoms with Crippen LogP contribution in [0.2, 0.25) is 0 Å². The summed E-state index contributed by atoms with van der Waals surface area (Å²) >= 11 is 0. The van der Waals surface area contributed by atoms with Crippen LogP contribution >= 0.6 is 0 Å². The third-order valence-electron chi connectivity index (χ3n) is 4.54. The third kappa shape index (κ3) is 6.05. The summed E-state index contributed by atoms with van der Waals surface area (Å²) in [6.45, 7) is 1.21. The number of methoxy groups -OCH3 is 2. The maximum Gasteiger partial charge on any atom is 0.346 e. The fraction of sp³-hybridized carbons (Fsp3) is 0.217. The molecule has 170 valence electrons. The van der Waals surface area contributed by atoms with Crippen molar-refractivity contribution in [2.75, 3.05) is 27.4 Å². The lowest BCUT2D eigenvalue weighted by molar-refractivity contribution is -0.144. The molecule has 0 heterocycles. The van der Waals surface area contributed by atoms with Crippen molar-refractivity contribution in [3.05, 3.63) is 83.6 Å². The summed E-state index contributed by atoms with van der Waals surface area (Å²) in [7, 11) is -2.03. The Morgan fingerprint density at radius 3 is 2.03 bits per heavy atom. The summed E-state index contributed by atoms with van der Waals surface area (Å²) in [4.78, 5) is 24.2. The summed E-state index contributed by atoms with van der Waals surface area (Å²) in [6.07, 6.45) is 2.38. The van der Waals surface area contributed by atoms with E-state index in [1.165, 1.54) is 18.2 Å². The Morgan fingerprint density at radius 2 is 1.53 bits per heavy atom. The van der Waals surface area contributed by atoms with E-state index < -0.39 is 27.5 Å². The molecule has 0 aliphatic rings. The van der Waals surface area contributed by atoms with E-state index in [9.17, 15) is 23.1 Å². The summed E-state index contributed by atoms with van der Waals surface area (Å²) < 4.78 is 36.7. The van der Waals surface area contributed by atoms with Crippen LogP contribution in [-0.2, 0) is 29.1 Å². The highest BCUT2D eigenvalue weighted by atomic mass is 32.2. The second-order valence-electron chi connectivity index (χ2n) is 6.67. The van der Waals surface area contributed by atoms with Gasteiger partial charge in [0.2, 0.25) is 0 Å². The normalized spacial score (nSPS) is 11.4. The van der Waals surface area contributed by atoms with Gasteiger partial charge in [0, 0.05) is 6.20 Å². The maximum absolute atomic E-state index is 13.3. The fourth-order valence-corrected chi connectivity index (χ4v) is 4.01. The van der Waals surface area contributed by atoms with Gasteiger partial charge in [0.05, 0.1) is 32.3 Å². The summed E-state index contributed by atoms with van der Waals surface area (Å²) in [5.41, 5.74) is 1.44. The lowest BCUT2D eigenvalue weighted by atomic mass is 10.1. The largest absolute Gasteiger partial charge is 0.465 e. The van der Waals surface area contributed by atoms with Gasteiger partial charge >= 0.3 is 11.9 Å². The molecule has 1 N–H and O–H groups in total. The van der Waals surface area contributed by atoms with Crippen molar-refractivity contribution in [2.24, 2.45) is 0 Å². The molecule has 0 aliphatic carbocycles. The van der Waals surface area contributed by atoms with Crippen molar-refractivity contribution >= 4 is 27.5 Å². The van der Waals surface area contributed by atoms with Crippen molar-refractivity contribution in [1.82, 2.24) is 4.31 Å². The van der Waals surface area contributed by atoms with Crippen molar-refractivity contribution in [2.45, 2.75) is 11.8 Å². The van der Waals surface area contributed by atoms with E-state index in [1.807, 2.05) is 13.0 Å². The van der Waals surface area contributed by atoms with E-state index in [2.05, 4.69) is 9.47 Å². The van der Waals surface area contributed by atoms with Gasteiger partial charge in [0.25, 0.3) is 10.0 Å². The Kier molecular flexibility index (Phi) is 8.74. The predicted octanol–water partition coefficient (Wildman–Crippen LogP) is 2.29. The highest BCUT2D eigenvalue weighted by Gasteiger charge is 2.27. The molecule has 0 unspecified atom stereocenters. The molecule has 0 spiro atoms. The molecule has 0 atom stereocenters. The van der Waals surface area contributed by atoms with Crippen LogP contribution in [0.3, 0.4) is 0 Å². The van der Waals surface area contributed by atoms with E-state index in [1.54, 1.807) is 36.4 Å². The molecule has 0 amide bonds. The van der Waals surface area contributed by atoms with Crippen LogP contribution in [0.25, 0.3) is 5.57 Å². The topological polar surface area (TPSA) is 110 Å². The number of aliphatic hydroxyl groups excluding tert-OH is 1. The SMILES string of the molecule is COC(=O)C(=CN(C/C=C(/CO)c1ccccc1)S(=O)(=O)c1ccc(C)cc1)C(=O)OC. The molecule has 2 aromatic carbocycles. The second-order valence-corrected chi connectivity index (χ2v) is 8.56. The molecule has 0 bridgehead atoms. The van der Waals surface area contributed by atoms with Crippen LogP contribution in [0.1, 0.15) is 11.1 Å². The molecular formula is C23H25NO7S. The standard InChI is InChI=1S/C23H25NO7S/c1-17-9-11-20(12-10-17)32(28,29)24(15-21(22(26)30-2)23(27)31-3)14-13-19(16-25)18-7-5-4-6-8-18/h4-13,15,25H,14,16H2,1-3H3/b19-13-. The average molecular weight is 460 g/mol. The van der Waals surface area contributed by atoms with Crippen molar-refractivity contribution in [3.63, 3.8) is 0 Å². The number of hydrogen-bond acceptors (Lipinski definition) is 7. The number of rotatable bonds is 9. The summed E-state index contributed by atoms with van der Waals surface area (Å²) in [5.74, 6) is -2.09. The number of carbonyl (C=O) groups excluding carboxylic acids is 2. The molecule has 2 rings (SSSR count). The molecule has 0 aliphatic heterocycles. The summed E-state index contributed by atoms with van der Waals surface area (Å²) in [6, 6.07) is 15.0. The number of esters is 2. The molecule has 32 heavy (non-hydrogen) atoms. The minimum atomic E-state index is -4.17. The molecule has 0 aromatic heterocycles. The molecule has 9 heteroatoms. The first-order valence-corrected chi connectivity index (χ1v) is 11.0. The van der Waals surface area contributed by atoms with E-state index >= 15 is 0 Å². The molecular weight excluding hydrogens is 434 g/mol. The Balaban J connectivity index is 2.59. The lowest BCUT2D eigenvalue weighted by Crippen LogP contribution is -2.29. The van der Waals surface area contributed by atoms with Crippen LogP contribution in [0.15, 0.2) is 77.3 Å². The minimum Gasteiger partial charge on any atom is -0.465 e. The van der Waals surface area contributed by atoms with Gasteiger partial charge in [-0.3, -0.25) is 4.31 Å². The number of hydrogen-bond donors (Lipinski definition) is 1. The quantitative estimate of drug-likeness (QED) is 0.265. The first-order chi connectivity index (χ1) is 15.2. The third-order valence-corrected chi connectivity index (χ3v) is 6.28. The number of sulfonamides is 1. The van der Waals surface area contributed by atoms with Gasteiger partial charge < -0.3 is 14.6 Å². The molecule has 0 fully saturated rings. The van der Waals surface area contributed by atoms with Gasteiger partial charge in [-0.2, -0.15) is 0 Å². The van der Waals surface area contributed by atoms with E-state index in [0.29, 0.717) is 11.1 Å². The van der Waals surface area contributed by atoms with Crippen LogP contribution < -0.4 is 0 Å². The van der Waals surface area contributed by atoms with Gasteiger partial charge in [-0.15, -0.1) is 0 Å². The first kappa shape index (κ1) is 24.8. The number of carbonyl (C=O) groups is 2. The number of ether oxygens (including phenoxy) is 2. The van der Waals surface area contributed by atoms with E-state index in [0.717, 1.165) is 30.3 Å². The maximum atomic E-state index is 13.3. The van der Waals surface area contributed by atoms with Gasteiger partial charge in [-0.25, -0.2) is 18.0 Å². The molecule has 0 saturated heterocycles. The number of aryl methyl sites for hydroxylation is 1. The summed E-state index contributed by atoms with van der Waals surface area (Å²) in [5, 5.41) is 9.78. The smallest absolute Gasteiger partial charge is 0.346 e. The van der Waals surface area contributed by atoms with E-state index in [4.69, 9.17) is 0 Å². The number of aliphatic hydroxyl groups is 1. The Hall–Kier alpha value is -3.43. The highest BCUT2D eigenvalue weighted by molar-refractivity contribution is 7.89. The zero-order chi connectivity index (χ0) is 23.7. The van der Waals surface area contributed by atoms with Gasteiger partial charge in [0.15, 0.2) is 5.57 Å². The first-order valence-electron chi connectivity index (χ1n) is 9.56. The zero-order valence-electron chi connectivity index (χ0n) is 18.0.